The van der Waals surface area contributed by atoms with Crippen molar-refractivity contribution in [2.75, 3.05) is 0 Å². The number of hydrogen-bond acceptors (Lipinski definition) is 1. The Kier molecular flexibility index (Phi) is 3.02. The fraction of sp³-hybridized carbons (Fsp3) is 0.400. The second kappa shape index (κ2) is 4.66. The van der Waals surface area contributed by atoms with Gasteiger partial charge in [-0.3, -0.25) is 4.98 Å². The van der Waals surface area contributed by atoms with Gasteiger partial charge in [-0.1, -0.05) is 37.1 Å². The molecule has 88 valence electrons. The SMILES string of the molecule is ClC1CCCCC1c1cccc2cccnc12. The Morgan fingerprint density at radius 1 is 1.06 bits per heavy atom. The smallest absolute Gasteiger partial charge is 0.0737 e. The average Bonchev–Trinajstić information content (AvgIpc) is 2.39. The van der Waals surface area contributed by atoms with Crippen molar-refractivity contribution in [3.63, 3.8) is 0 Å². The molecule has 0 aliphatic heterocycles. The Bertz CT molecular complexity index is 518. The molecular formula is C15H16ClN. The molecule has 2 aromatic rings. The normalized spacial score (nSPS) is 25.0. The summed E-state index contributed by atoms with van der Waals surface area (Å²) in [7, 11) is 0. The third-order valence-corrected chi connectivity index (χ3v) is 4.27. The summed E-state index contributed by atoms with van der Waals surface area (Å²) < 4.78 is 0. The van der Waals surface area contributed by atoms with Gasteiger partial charge in [0.05, 0.1) is 5.52 Å². The van der Waals surface area contributed by atoms with E-state index >= 15 is 0 Å². The van der Waals surface area contributed by atoms with Gasteiger partial charge in [0.25, 0.3) is 0 Å². The largest absolute Gasteiger partial charge is 0.256 e. The third kappa shape index (κ3) is 2.04. The van der Waals surface area contributed by atoms with Crippen LogP contribution in [0.4, 0.5) is 0 Å². The summed E-state index contributed by atoms with van der Waals surface area (Å²) in [6, 6.07) is 10.6. The second-order valence-corrected chi connectivity index (χ2v) is 5.39. The van der Waals surface area contributed by atoms with Gasteiger partial charge in [0.2, 0.25) is 0 Å². The molecule has 1 aliphatic carbocycles. The number of hydrogen-bond donors (Lipinski definition) is 0. The van der Waals surface area contributed by atoms with E-state index in [1.165, 1.54) is 30.2 Å². The standard InChI is InChI=1S/C15H16ClN/c16-14-9-2-1-7-12(14)13-8-3-5-11-6-4-10-17-15(11)13/h3-6,8,10,12,14H,1-2,7,9H2. The molecule has 1 aliphatic rings. The van der Waals surface area contributed by atoms with Gasteiger partial charge >= 0.3 is 0 Å². The molecule has 1 aromatic carbocycles. The minimum Gasteiger partial charge on any atom is -0.256 e. The highest BCUT2D eigenvalue weighted by Crippen LogP contribution is 2.38. The van der Waals surface area contributed by atoms with Gasteiger partial charge < -0.3 is 0 Å². The van der Waals surface area contributed by atoms with Crippen molar-refractivity contribution < 1.29 is 0 Å². The quantitative estimate of drug-likeness (QED) is 0.674. The predicted octanol–water partition coefficient (Wildman–Crippen LogP) is 4.50. The maximum absolute atomic E-state index is 6.49. The first-order valence-corrected chi connectivity index (χ1v) is 6.77. The zero-order valence-corrected chi connectivity index (χ0v) is 10.5. The molecule has 0 bridgehead atoms. The lowest BCUT2D eigenvalue weighted by molar-refractivity contribution is 0.452. The molecule has 0 spiro atoms. The zero-order valence-electron chi connectivity index (χ0n) is 9.77. The summed E-state index contributed by atoms with van der Waals surface area (Å²) in [5.74, 6) is 0.476. The molecule has 3 rings (SSSR count). The summed E-state index contributed by atoms with van der Waals surface area (Å²) in [6.45, 7) is 0. The minimum absolute atomic E-state index is 0.274. The van der Waals surface area contributed by atoms with Crippen LogP contribution in [-0.2, 0) is 0 Å². The van der Waals surface area contributed by atoms with E-state index in [-0.39, 0.29) is 5.38 Å². The van der Waals surface area contributed by atoms with E-state index in [0.29, 0.717) is 5.92 Å². The summed E-state index contributed by atoms with van der Waals surface area (Å²) in [4.78, 5) is 4.53. The summed E-state index contributed by atoms with van der Waals surface area (Å²) in [5, 5.41) is 1.50. The van der Waals surface area contributed by atoms with Crippen molar-refractivity contribution in [2.24, 2.45) is 0 Å². The highest BCUT2D eigenvalue weighted by molar-refractivity contribution is 6.21. The summed E-state index contributed by atoms with van der Waals surface area (Å²) >= 11 is 6.49. The maximum atomic E-state index is 6.49. The minimum atomic E-state index is 0.274. The fourth-order valence-corrected chi connectivity index (χ4v) is 3.28. The first-order valence-electron chi connectivity index (χ1n) is 6.34. The second-order valence-electron chi connectivity index (χ2n) is 4.83. The van der Waals surface area contributed by atoms with Crippen molar-refractivity contribution >= 4 is 22.5 Å². The van der Waals surface area contributed by atoms with Gasteiger partial charge in [-0.15, -0.1) is 11.6 Å². The Labute approximate surface area is 107 Å². The van der Waals surface area contributed by atoms with Crippen LogP contribution in [0.5, 0.6) is 0 Å². The number of alkyl halides is 1. The molecule has 2 atom stereocenters. The molecule has 1 fully saturated rings. The first kappa shape index (κ1) is 11.0. The van der Waals surface area contributed by atoms with E-state index < -0.39 is 0 Å². The number of rotatable bonds is 1. The van der Waals surface area contributed by atoms with Crippen LogP contribution in [0.3, 0.4) is 0 Å². The van der Waals surface area contributed by atoms with Crippen LogP contribution in [-0.4, -0.2) is 10.4 Å². The topological polar surface area (TPSA) is 12.9 Å². The van der Waals surface area contributed by atoms with Crippen LogP contribution in [0.2, 0.25) is 0 Å². The number of nitrogens with zero attached hydrogens (tertiary/aromatic N) is 1. The molecule has 0 amide bonds. The van der Waals surface area contributed by atoms with Crippen LogP contribution >= 0.6 is 11.6 Å². The van der Waals surface area contributed by atoms with E-state index in [1.54, 1.807) is 0 Å². The molecule has 2 unspecified atom stereocenters. The van der Waals surface area contributed by atoms with Crippen LogP contribution in [0.15, 0.2) is 36.5 Å². The van der Waals surface area contributed by atoms with E-state index in [2.05, 4.69) is 29.2 Å². The van der Waals surface area contributed by atoms with Gasteiger partial charge in [0.15, 0.2) is 0 Å². The van der Waals surface area contributed by atoms with Crippen LogP contribution in [0.1, 0.15) is 37.2 Å². The maximum Gasteiger partial charge on any atom is 0.0737 e. The number of benzene rings is 1. The Balaban J connectivity index is 2.10. The van der Waals surface area contributed by atoms with Gasteiger partial charge in [0, 0.05) is 22.9 Å². The third-order valence-electron chi connectivity index (χ3n) is 3.75. The number of fused-ring (bicyclic) bond motifs is 1. The van der Waals surface area contributed by atoms with Crippen molar-refractivity contribution in [1.29, 1.82) is 0 Å². The molecule has 0 N–H and O–H groups in total. The zero-order chi connectivity index (χ0) is 11.7. The van der Waals surface area contributed by atoms with Crippen LogP contribution in [0.25, 0.3) is 10.9 Å². The molecular weight excluding hydrogens is 230 g/mol. The summed E-state index contributed by atoms with van der Waals surface area (Å²) in [5.41, 5.74) is 2.47. The Hall–Kier alpha value is -1.08. The molecule has 2 heteroatoms. The lowest BCUT2D eigenvalue weighted by Gasteiger charge is -2.27. The van der Waals surface area contributed by atoms with Crippen LogP contribution < -0.4 is 0 Å². The Morgan fingerprint density at radius 2 is 1.88 bits per heavy atom. The van der Waals surface area contributed by atoms with E-state index in [0.717, 1.165) is 11.9 Å². The molecule has 0 radical (unpaired) electrons. The van der Waals surface area contributed by atoms with Gasteiger partial charge in [-0.2, -0.15) is 0 Å². The summed E-state index contributed by atoms with van der Waals surface area (Å²) in [6.07, 6.45) is 6.76. The molecule has 1 aromatic heterocycles. The fourth-order valence-electron chi connectivity index (χ4n) is 2.86. The van der Waals surface area contributed by atoms with Gasteiger partial charge in [-0.05, 0) is 24.5 Å². The van der Waals surface area contributed by atoms with Crippen molar-refractivity contribution in [3.8, 4) is 0 Å². The first-order chi connectivity index (χ1) is 8.36. The molecule has 1 heterocycles. The van der Waals surface area contributed by atoms with Gasteiger partial charge in [-0.25, -0.2) is 0 Å². The van der Waals surface area contributed by atoms with Crippen molar-refractivity contribution in [1.82, 2.24) is 4.98 Å². The molecule has 1 nitrogen and oxygen atoms in total. The lowest BCUT2D eigenvalue weighted by atomic mass is 9.83. The average molecular weight is 246 g/mol. The predicted molar refractivity (Wildman–Crippen MR) is 72.6 cm³/mol. The Morgan fingerprint density at radius 3 is 2.76 bits per heavy atom. The van der Waals surface area contributed by atoms with Crippen molar-refractivity contribution in [3.05, 3.63) is 42.1 Å². The van der Waals surface area contributed by atoms with Crippen LogP contribution in [0, 0.1) is 0 Å². The number of halogens is 1. The van der Waals surface area contributed by atoms with E-state index in [9.17, 15) is 0 Å². The van der Waals surface area contributed by atoms with E-state index in [4.69, 9.17) is 11.6 Å². The number of para-hydroxylation sites is 1. The number of aromatic nitrogens is 1. The highest BCUT2D eigenvalue weighted by Gasteiger charge is 2.26. The molecule has 17 heavy (non-hydrogen) atoms. The molecule has 1 saturated carbocycles. The monoisotopic (exact) mass is 245 g/mol. The van der Waals surface area contributed by atoms with Gasteiger partial charge in [0.1, 0.15) is 0 Å². The lowest BCUT2D eigenvalue weighted by Crippen LogP contribution is -2.18. The molecule has 0 saturated heterocycles. The highest BCUT2D eigenvalue weighted by atomic mass is 35.5. The van der Waals surface area contributed by atoms with E-state index in [1.807, 2.05) is 12.3 Å². The van der Waals surface area contributed by atoms with Crippen molar-refractivity contribution in [2.45, 2.75) is 37.0 Å². The number of pyridine rings is 1.